The summed E-state index contributed by atoms with van der Waals surface area (Å²) >= 11 is 0. The molecule has 0 amide bonds. The molecular weight excluding hydrogens is 264 g/mol. The standard InChI is InChI=1S/C12H8N4O4/c17-11-7-3-1-2-4-8(7)14-15-16(11)5-10-13-9(6-20-10)12(18)19/h1-4,6H,5H2,(H,18,19). The van der Waals surface area contributed by atoms with Gasteiger partial charge in [0, 0.05) is 0 Å². The Kier molecular flexibility index (Phi) is 2.75. The highest BCUT2D eigenvalue weighted by atomic mass is 16.4. The summed E-state index contributed by atoms with van der Waals surface area (Å²) in [4.78, 5) is 26.6. The molecule has 2 aromatic heterocycles. The van der Waals surface area contributed by atoms with E-state index in [9.17, 15) is 9.59 Å². The molecule has 0 aliphatic heterocycles. The molecule has 1 N–H and O–H groups in total. The number of rotatable bonds is 3. The normalized spacial score (nSPS) is 10.8. The Labute approximate surface area is 111 Å². The van der Waals surface area contributed by atoms with Crippen molar-refractivity contribution < 1.29 is 14.3 Å². The van der Waals surface area contributed by atoms with Crippen molar-refractivity contribution in [3.05, 3.63) is 52.5 Å². The van der Waals surface area contributed by atoms with Crippen LogP contribution in [0.1, 0.15) is 16.4 Å². The molecule has 0 atom stereocenters. The predicted molar refractivity (Wildman–Crippen MR) is 66.4 cm³/mol. The first-order valence-corrected chi connectivity index (χ1v) is 5.65. The highest BCUT2D eigenvalue weighted by molar-refractivity contribution is 5.84. The van der Waals surface area contributed by atoms with Crippen LogP contribution in [0.3, 0.4) is 0 Å². The average molecular weight is 272 g/mol. The number of oxazole rings is 1. The summed E-state index contributed by atoms with van der Waals surface area (Å²) in [5.74, 6) is -1.12. The Bertz CT molecular complexity index is 852. The van der Waals surface area contributed by atoms with E-state index in [1.54, 1.807) is 24.3 Å². The number of aromatic nitrogens is 4. The van der Waals surface area contributed by atoms with E-state index < -0.39 is 5.97 Å². The van der Waals surface area contributed by atoms with E-state index in [2.05, 4.69) is 15.3 Å². The SMILES string of the molecule is O=C(O)c1coc(Cn2nnc3ccccc3c2=O)n1. The lowest BCUT2D eigenvalue weighted by atomic mass is 10.2. The molecule has 0 saturated heterocycles. The second-order valence-corrected chi connectivity index (χ2v) is 4.00. The van der Waals surface area contributed by atoms with Crippen molar-refractivity contribution in [2.24, 2.45) is 0 Å². The van der Waals surface area contributed by atoms with Gasteiger partial charge in [-0.05, 0) is 12.1 Å². The monoisotopic (exact) mass is 272 g/mol. The van der Waals surface area contributed by atoms with E-state index >= 15 is 0 Å². The number of hydrogen-bond donors (Lipinski definition) is 1. The highest BCUT2D eigenvalue weighted by Gasteiger charge is 2.12. The molecule has 2 heterocycles. The van der Waals surface area contributed by atoms with Gasteiger partial charge in [0.05, 0.1) is 5.39 Å². The van der Waals surface area contributed by atoms with Gasteiger partial charge in [-0.1, -0.05) is 17.3 Å². The van der Waals surface area contributed by atoms with Crippen molar-refractivity contribution in [1.82, 2.24) is 20.0 Å². The maximum absolute atomic E-state index is 12.1. The van der Waals surface area contributed by atoms with Crippen molar-refractivity contribution in [1.29, 1.82) is 0 Å². The third-order valence-electron chi connectivity index (χ3n) is 2.69. The van der Waals surface area contributed by atoms with Gasteiger partial charge in [-0.3, -0.25) is 4.79 Å². The molecule has 0 fully saturated rings. The van der Waals surface area contributed by atoms with Gasteiger partial charge in [0.1, 0.15) is 18.3 Å². The minimum atomic E-state index is -1.20. The second kappa shape index (κ2) is 4.57. The summed E-state index contributed by atoms with van der Waals surface area (Å²) in [5, 5.41) is 16.8. The molecule has 0 aliphatic carbocycles. The van der Waals surface area contributed by atoms with Crippen LogP contribution in [0.5, 0.6) is 0 Å². The summed E-state index contributed by atoms with van der Waals surface area (Å²) < 4.78 is 6.05. The Hall–Kier alpha value is -3.03. The molecule has 1 aromatic carbocycles. The van der Waals surface area contributed by atoms with Crippen LogP contribution in [0.2, 0.25) is 0 Å². The molecule has 100 valence electrons. The van der Waals surface area contributed by atoms with Gasteiger partial charge in [-0.25, -0.2) is 14.5 Å². The van der Waals surface area contributed by atoms with Crippen molar-refractivity contribution in [2.45, 2.75) is 6.54 Å². The van der Waals surface area contributed by atoms with Gasteiger partial charge in [-0.2, -0.15) is 0 Å². The van der Waals surface area contributed by atoms with Gasteiger partial charge in [0.15, 0.2) is 5.69 Å². The van der Waals surface area contributed by atoms with Crippen LogP contribution in [0, 0.1) is 0 Å². The zero-order valence-corrected chi connectivity index (χ0v) is 10.1. The molecule has 0 bridgehead atoms. The van der Waals surface area contributed by atoms with Crippen molar-refractivity contribution >= 4 is 16.9 Å². The van der Waals surface area contributed by atoms with Crippen LogP contribution >= 0.6 is 0 Å². The van der Waals surface area contributed by atoms with E-state index in [0.717, 1.165) is 10.9 Å². The number of hydrogen-bond acceptors (Lipinski definition) is 6. The van der Waals surface area contributed by atoms with Gasteiger partial charge in [0.2, 0.25) is 5.89 Å². The summed E-state index contributed by atoms with van der Waals surface area (Å²) in [6.07, 6.45) is 1.01. The topological polar surface area (TPSA) is 111 Å². The quantitative estimate of drug-likeness (QED) is 0.739. The number of benzene rings is 1. The van der Waals surface area contributed by atoms with Crippen molar-refractivity contribution in [3.8, 4) is 0 Å². The fourth-order valence-corrected chi connectivity index (χ4v) is 1.74. The van der Waals surface area contributed by atoms with Crippen LogP contribution in [0.25, 0.3) is 10.9 Å². The van der Waals surface area contributed by atoms with E-state index in [1.165, 1.54) is 0 Å². The van der Waals surface area contributed by atoms with E-state index in [-0.39, 0.29) is 23.7 Å². The molecule has 0 unspecified atom stereocenters. The van der Waals surface area contributed by atoms with E-state index in [0.29, 0.717) is 10.9 Å². The van der Waals surface area contributed by atoms with Crippen LogP contribution in [0.15, 0.2) is 39.7 Å². The van der Waals surface area contributed by atoms with Crippen molar-refractivity contribution in [2.75, 3.05) is 0 Å². The first kappa shape index (κ1) is 12.0. The lowest BCUT2D eigenvalue weighted by Gasteiger charge is -2.01. The smallest absolute Gasteiger partial charge is 0.357 e. The van der Waals surface area contributed by atoms with Crippen LogP contribution in [0.4, 0.5) is 0 Å². The van der Waals surface area contributed by atoms with Gasteiger partial charge in [0.25, 0.3) is 5.56 Å². The summed E-state index contributed by atoms with van der Waals surface area (Å²) in [6.45, 7) is -0.0794. The number of carbonyl (C=O) groups is 1. The number of carboxylic acid groups (broad SMARTS) is 1. The van der Waals surface area contributed by atoms with Crippen LogP contribution in [-0.2, 0) is 6.54 Å². The molecule has 0 saturated carbocycles. The third kappa shape index (κ3) is 2.03. The zero-order valence-electron chi connectivity index (χ0n) is 10.1. The molecule has 3 aromatic rings. The maximum Gasteiger partial charge on any atom is 0.357 e. The van der Waals surface area contributed by atoms with E-state index in [1.807, 2.05) is 0 Å². The second-order valence-electron chi connectivity index (χ2n) is 4.00. The molecule has 8 nitrogen and oxygen atoms in total. The zero-order chi connectivity index (χ0) is 14.1. The number of carboxylic acids is 1. The minimum absolute atomic E-state index is 0.0779. The molecule has 0 spiro atoms. The Morgan fingerprint density at radius 1 is 1.35 bits per heavy atom. The third-order valence-corrected chi connectivity index (χ3v) is 2.69. The Morgan fingerprint density at radius 2 is 2.15 bits per heavy atom. The summed E-state index contributed by atoms with van der Waals surface area (Å²) in [5.41, 5.74) is -0.0696. The maximum atomic E-state index is 12.1. The van der Waals surface area contributed by atoms with Crippen LogP contribution in [-0.4, -0.2) is 31.1 Å². The fourth-order valence-electron chi connectivity index (χ4n) is 1.74. The molecule has 3 rings (SSSR count). The van der Waals surface area contributed by atoms with Gasteiger partial charge >= 0.3 is 5.97 Å². The lowest BCUT2D eigenvalue weighted by molar-refractivity contribution is 0.0690. The Balaban J connectivity index is 2.00. The van der Waals surface area contributed by atoms with Gasteiger partial charge < -0.3 is 9.52 Å². The number of fused-ring (bicyclic) bond motifs is 1. The van der Waals surface area contributed by atoms with Crippen LogP contribution < -0.4 is 5.56 Å². The first-order chi connectivity index (χ1) is 9.65. The largest absolute Gasteiger partial charge is 0.476 e. The predicted octanol–water partition coefficient (Wildman–Crippen LogP) is 0.526. The summed E-state index contributed by atoms with van der Waals surface area (Å²) in [6, 6.07) is 6.81. The molecule has 20 heavy (non-hydrogen) atoms. The molecule has 0 radical (unpaired) electrons. The Morgan fingerprint density at radius 3 is 2.90 bits per heavy atom. The number of aromatic carboxylic acids is 1. The highest BCUT2D eigenvalue weighted by Crippen LogP contribution is 2.06. The minimum Gasteiger partial charge on any atom is -0.476 e. The molecular formula is C12H8N4O4. The number of nitrogens with zero attached hydrogens (tertiary/aromatic N) is 4. The lowest BCUT2D eigenvalue weighted by Crippen LogP contribution is -2.24. The van der Waals surface area contributed by atoms with Gasteiger partial charge in [-0.15, -0.1) is 5.10 Å². The fraction of sp³-hybridized carbons (Fsp3) is 0.0833. The first-order valence-electron chi connectivity index (χ1n) is 5.65. The van der Waals surface area contributed by atoms with E-state index in [4.69, 9.17) is 9.52 Å². The molecule has 0 aliphatic rings. The average Bonchev–Trinajstić information content (AvgIpc) is 2.91. The van der Waals surface area contributed by atoms with Crippen molar-refractivity contribution in [3.63, 3.8) is 0 Å². The summed E-state index contributed by atoms with van der Waals surface area (Å²) in [7, 11) is 0. The molecule has 8 heteroatoms.